The van der Waals surface area contributed by atoms with Crippen molar-refractivity contribution in [2.75, 3.05) is 6.61 Å². The number of hydrogen-bond donors (Lipinski definition) is 0. The maximum atomic E-state index is 12.7. The second-order valence-electron chi connectivity index (χ2n) is 5.69. The number of thiazole rings is 1. The van der Waals surface area contributed by atoms with Gasteiger partial charge < -0.3 is 9.30 Å². The summed E-state index contributed by atoms with van der Waals surface area (Å²) in [5.74, 6) is -0.790. The molecule has 3 rings (SSSR count). The highest BCUT2D eigenvalue weighted by molar-refractivity contribution is 9.10. The van der Waals surface area contributed by atoms with Gasteiger partial charge in [0.15, 0.2) is 4.80 Å². The van der Waals surface area contributed by atoms with E-state index in [4.69, 9.17) is 16.3 Å². The first-order chi connectivity index (χ1) is 12.9. The fourth-order valence-electron chi connectivity index (χ4n) is 2.66. The molecule has 2 aromatic carbocycles. The summed E-state index contributed by atoms with van der Waals surface area (Å²) >= 11 is 11.0. The topological polar surface area (TPSA) is 60.7 Å². The number of nitrogens with zero attached hydrogens (tertiary/aromatic N) is 2. The molecule has 0 spiro atoms. The molecule has 3 aromatic rings. The number of ether oxygens (including phenoxy) is 1. The third kappa shape index (κ3) is 4.15. The SMILES string of the molecule is CCOC(=O)Cn1c(=NC(=O)c2ccccc2Br)sc2ccc(Cl)c(C)c21. The van der Waals surface area contributed by atoms with Gasteiger partial charge >= 0.3 is 5.97 Å². The van der Waals surface area contributed by atoms with Crippen LogP contribution in [0.4, 0.5) is 0 Å². The second-order valence-corrected chi connectivity index (χ2v) is 7.96. The molecule has 0 N–H and O–H groups in total. The van der Waals surface area contributed by atoms with Crippen molar-refractivity contribution in [2.24, 2.45) is 4.99 Å². The Hall–Kier alpha value is -1.96. The molecule has 0 aliphatic heterocycles. The Morgan fingerprint density at radius 1 is 1.26 bits per heavy atom. The fourth-order valence-corrected chi connectivity index (χ4v) is 4.36. The van der Waals surface area contributed by atoms with E-state index in [9.17, 15) is 9.59 Å². The van der Waals surface area contributed by atoms with E-state index in [0.717, 1.165) is 15.8 Å². The van der Waals surface area contributed by atoms with Gasteiger partial charge in [-0.25, -0.2) is 0 Å². The molecular weight excluding hydrogens is 452 g/mol. The smallest absolute Gasteiger partial charge is 0.326 e. The highest BCUT2D eigenvalue weighted by atomic mass is 79.9. The van der Waals surface area contributed by atoms with E-state index in [1.807, 2.05) is 19.1 Å². The molecule has 0 saturated carbocycles. The Balaban J connectivity index is 2.19. The van der Waals surface area contributed by atoms with Crippen LogP contribution in [0.25, 0.3) is 10.2 Å². The number of carbonyl (C=O) groups is 2. The molecular formula is C19H16BrClN2O3S. The van der Waals surface area contributed by atoms with Gasteiger partial charge in [-0.1, -0.05) is 35.1 Å². The van der Waals surface area contributed by atoms with Crippen molar-refractivity contribution in [3.05, 3.63) is 61.8 Å². The van der Waals surface area contributed by atoms with Crippen molar-refractivity contribution in [3.63, 3.8) is 0 Å². The van der Waals surface area contributed by atoms with Crippen molar-refractivity contribution >= 4 is 61.0 Å². The van der Waals surface area contributed by atoms with E-state index < -0.39 is 11.9 Å². The molecule has 140 valence electrons. The maximum absolute atomic E-state index is 12.7. The number of halogens is 2. The number of esters is 1. The summed E-state index contributed by atoms with van der Waals surface area (Å²) in [6.45, 7) is 3.86. The molecule has 0 fully saturated rings. The number of aryl methyl sites for hydroxylation is 1. The van der Waals surface area contributed by atoms with Crippen molar-refractivity contribution < 1.29 is 14.3 Å². The monoisotopic (exact) mass is 466 g/mol. The predicted molar refractivity (Wildman–Crippen MR) is 110 cm³/mol. The number of hydrogen-bond acceptors (Lipinski definition) is 4. The van der Waals surface area contributed by atoms with E-state index in [2.05, 4.69) is 20.9 Å². The van der Waals surface area contributed by atoms with Crippen molar-refractivity contribution in [1.82, 2.24) is 4.57 Å². The maximum Gasteiger partial charge on any atom is 0.326 e. The van der Waals surface area contributed by atoms with Gasteiger partial charge in [0.25, 0.3) is 5.91 Å². The summed E-state index contributed by atoms with van der Waals surface area (Å²) < 4.78 is 8.32. The van der Waals surface area contributed by atoms with E-state index in [1.54, 1.807) is 35.8 Å². The molecule has 1 heterocycles. The molecule has 1 aromatic heterocycles. The van der Waals surface area contributed by atoms with Gasteiger partial charge in [-0.15, -0.1) is 0 Å². The van der Waals surface area contributed by atoms with Gasteiger partial charge in [0.05, 0.1) is 22.4 Å². The quantitative estimate of drug-likeness (QED) is 0.521. The lowest BCUT2D eigenvalue weighted by molar-refractivity contribution is -0.143. The average molecular weight is 468 g/mol. The Morgan fingerprint density at radius 2 is 2.00 bits per heavy atom. The van der Waals surface area contributed by atoms with Crippen LogP contribution in [0.15, 0.2) is 45.9 Å². The van der Waals surface area contributed by atoms with Crippen LogP contribution in [0.3, 0.4) is 0 Å². The van der Waals surface area contributed by atoms with Crippen LogP contribution in [0, 0.1) is 6.92 Å². The lowest BCUT2D eigenvalue weighted by Gasteiger charge is -2.08. The van der Waals surface area contributed by atoms with Crippen LogP contribution >= 0.6 is 38.9 Å². The van der Waals surface area contributed by atoms with Crippen LogP contribution in [0.5, 0.6) is 0 Å². The minimum atomic E-state index is -0.397. The predicted octanol–water partition coefficient (Wildman–Crippen LogP) is 4.73. The van der Waals surface area contributed by atoms with Gasteiger partial charge in [0.2, 0.25) is 0 Å². The van der Waals surface area contributed by atoms with Crippen LogP contribution < -0.4 is 4.80 Å². The molecule has 27 heavy (non-hydrogen) atoms. The van der Waals surface area contributed by atoms with Gasteiger partial charge in [0.1, 0.15) is 6.54 Å². The summed E-state index contributed by atoms with van der Waals surface area (Å²) in [4.78, 5) is 29.5. The number of rotatable bonds is 4. The van der Waals surface area contributed by atoms with Gasteiger partial charge in [-0.2, -0.15) is 4.99 Å². The van der Waals surface area contributed by atoms with E-state index in [0.29, 0.717) is 19.9 Å². The number of fused-ring (bicyclic) bond motifs is 1. The van der Waals surface area contributed by atoms with Gasteiger partial charge in [0, 0.05) is 9.50 Å². The van der Waals surface area contributed by atoms with E-state index in [1.165, 1.54) is 11.3 Å². The first-order valence-electron chi connectivity index (χ1n) is 8.20. The summed E-state index contributed by atoms with van der Waals surface area (Å²) in [5, 5.41) is 0.585. The Labute approximate surface area is 173 Å². The zero-order chi connectivity index (χ0) is 19.6. The third-order valence-corrected chi connectivity index (χ3v) is 6.07. The van der Waals surface area contributed by atoms with Crippen molar-refractivity contribution in [2.45, 2.75) is 20.4 Å². The standard InChI is InChI=1S/C19H16BrClN2O3S/c1-3-26-16(24)10-23-17-11(2)14(21)8-9-15(17)27-19(23)22-18(25)12-6-4-5-7-13(12)20/h4-9H,3,10H2,1-2H3. The minimum absolute atomic E-state index is 0.0445. The second kappa shape index (κ2) is 8.37. The third-order valence-electron chi connectivity index (χ3n) is 3.92. The van der Waals surface area contributed by atoms with Crippen LogP contribution in [0.1, 0.15) is 22.8 Å². The molecule has 0 saturated heterocycles. The van der Waals surface area contributed by atoms with Crippen LogP contribution in [-0.2, 0) is 16.1 Å². The van der Waals surface area contributed by atoms with Gasteiger partial charge in [-0.3, -0.25) is 9.59 Å². The largest absolute Gasteiger partial charge is 0.465 e. The van der Waals surface area contributed by atoms with E-state index in [-0.39, 0.29) is 13.2 Å². The Morgan fingerprint density at radius 3 is 2.70 bits per heavy atom. The molecule has 5 nitrogen and oxygen atoms in total. The van der Waals surface area contributed by atoms with Crippen LogP contribution in [-0.4, -0.2) is 23.1 Å². The molecule has 0 unspecified atom stereocenters. The molecule has 0 aliphatic carbocycles. The molecule has 8 heteroatoms. The highest BCUT2D eigenvalue weighted by Gasteiger charge is 2.16. The van der Waals surface area contributed by atoms with Gasteiger partial charge in [-0.05, 0) is 59.6 Å². The summed E-state index contributed by atoms with van der Waals surface area (Å²) in [5.41, 5.74) is 2.05. The first-order valence-corrected chi connectivity index (χ1v) is 10.2. The summed E-state index contributed by atoms with van der Waals surface area (Å²) in [7, 11) is 0. The zero-order valence-corrected chi connectivity index (χ0v) is 17.8. The molecule has 0 aliphatic rings. The lowest BCUT2D eigenvalue weighted by atomic mass is 10.2. The molecule has 0 radical (unpaired) electrons. The highest BCUT2D eigenvalue weighted by Crippen LogP contribution is 2.27. The summed E-state index contributed by atoms with van der Waals surface area (Å²) in [6.07, 6.45) is 0. The zero-order valence-electron chi connectivity index (χ0n) is 14.7. The number of carbonyl (C=O) groups excluding carboxylic acids is 2. The molecule has 0 atom stereocenters. The first kappa shape index (κ1) is 19.8. The fraction of sp³-hybridized carbons (Fsp3) is 0.211. The van der Waals surface area contributed by atoms with E-state index >= 15 is 0 Å². The average Bonchev–Trinajstić information content (AvgIpc) is 2.96. The normalized spacial score (nSPS) is 11.8. The number of benzene rings is 2. The number of aromatic nitrogens is 1. The lowest BCUT2D eigenvalue weighted by Crippen LogP contribution is -2.23. The van der Waals surface area contributed by atoms with Crippen molar-refractivity contribution in [1.29, 1.82) is 0 Å². The van der Waals surface area contributed by atoms with Crippen molar-refractivity contribution in [3.8, 4) is 0 Å². The Kier molecular flexibility index (Phi) is 6.14. The Bertz CT molecular complexity index is 1100. The minimum Gasteiger partial charge on any atom is -0.465 e. The number of amides is 1. The van der Waals surface area contributed by atoms with Crippen LogP contribution in [0.2, 0.25) is 5.02 Å². The molecule has 0 bridgehead atoms. The summed E-state index contributed by atoms with van der Waals surface area (Å²) in [6, 6.07) is 10.7. The molecule has 1 amide bonds.